The van der Waals surface area contributed by atoms with Crippen LogP contribution < -0.4 is 5.32 Å². The molecular formula is C16H12N4S. The van der Waals surface area contributed by atoms with Crippen LogP contribution in [0.4, 0.5) is 5.69 Å². The van der Waals surface area contributed by atoms with E-state index in [1.807, 2.05) is 54.6 Å². The fourth-order valence-electron chi connectivity index (χ4n) is 1.58. The van der Waals surface area contributed by atoms with Gasteiger partial charge in [0.25, 0.3) is 0 Å². The van der Waals surface area contributed by atoms with Crippen LogP contribution in [0, 0.1) is 22.7 Å². The number of pyridine rings is 1. The molecule has 1 N–H and O–H groups in total. The van der Waals surface area contributed by atoms with Crippen molar-refractivity contribution in [1.82, 2.24) is 4.98 Å². The Morgan fingerprint density at radius 3 is 2.33 bits per heavy atom. The van der Waals surface area contributed by atoms with Gasteiger partial charge in [0.2, 0.25) is 0 Å². The summed E-state index contributed by atoms with van der Waals surface area (Å²) in [5.74, 6) is 0.657. The van der Waals surface area contributed by atoms with Gasteiger partial charge in [0.1, 0.15) is 17.2 Å². The number of nitrogens with zero attached hydrogens (tertiary/aromatic N) is 3. The molecule has 0 aliphatic rings. The lowest BCUT2D eigenvalue weighted by atomic mass is 10.3. The molecule has 0 saturated heterocycles. The first-order valence-corrected chi connectivity index (χ1v) is 7.20. The Bertz CT molecular complexity index is 681. The number of para-hydroxylation sites is 1. The van der Waals surface area contributed by atoms with Gasteiger partial charge in [-0.1, -0.05) is 18.2 Å². The number of benzene rings is 1. The summed E-state index contributed by atoms with van der Waals surface area (Å²) in [6.45, 7) is 0. The number of nitrogens with one attached hydrogen (secondary N) is 1. The zero-order valence-corrected chi connectivity index (χ0v) is 12.0. The first-order valence-electron chi connectivity index (χ1n) is 6.21. The molecule has 0 atom stereocenters. The topological polar surface area (TPSA) is 72.5 Å². The average Bonchev–Trinajstić information content (AvgIpc) is 2.55. The van der Waals surface area contributed by atoms with Crippen LogP contribution in [0.5, 0.6) is 0 Å². The van der Waals surface area contributed by atoms with E-state index in [0.717, 1.165) is 11.3 Å². The SMILES string of the molecule is N#CC(C#N)=C(Nc1ccccc1)SCc1ccncc1. The second-order valence-electron chi connectivity index (χ2n) is 4.06. The highest BCUT2D eigenvalue weighted by atomic mass is 32.2. The maximum Gasteiger partial charge on any atom is 0.159 e. The Kier molecular flexibility index (Phi) is 5.40. The Labute approximate surface area is 127 Å². The van der Waals surface area contributed by atoms with E-state index in [9.17, 15) is 0 Å². The predicted molar refractivity (Wildman–Crippen MR) is 83.8 cm³/mol. The van der Waals surface area contributed by atoms with Gasteiger partial charge in [0.05, 0.1) is 0 Å². The monoisotopic (exact) mass is 292 g/mol. The summed E-state index contributed by atoms with van der Waals surface area (Å²) in [4.78, 5) is 3.97. The minimum atomic E-state index is 0.0814. The van der Waals surface area contributed by atoms with Gasteiger partial charge in [0, 0.05) is 23.8 Å². The van der Waals surface area contributed by atoms with Gasteiger partial charge >= 0.3 is 0 Å². The summed E-state index contributed by atoms with van der Waals surface area (Å²) in [7, 11) is 0. The first-order chi connectivity index (χ1) is 10.3. The molecular weight excluding hydrogens is 280 g/mol. The third kappa shape index (κ3) is 4.38. The van der Waals surface area contributed by atoms with Crippen molar-refractivity contribution in [3.8, 4) is 12.1 Å². The van der Waals surface area contributed by atoms with Gasteiger partial charge in [-0.2, -0.15) is 10.5 Å². The third-order valence-electron chi connectivity index (χ3n) is 2.61. The number of hydrogen-bond acceptors (Lipinski definition) is 5. The molecule has 1 aromatic heterocycles. The molecule has 102 valence electrons. The van der Waals surface area contributed by atoms with Crippen LogP contribution in [0.1, 0.15) is 5.56 Å². The average molecular weight is 292 g/mol. The molecule has 0 aliphatic heterocycles. The summed E-state index contributed by atoms with van der Waals surface area (Å²) in [6, 6.07) is 17.2. The fourth-order valence-corrected chi connectivity index (χ4v) is 2.51. The van der Waals surface area contributed by atoms with Crippen LogP contribution >= 0.6 is 11.8 Å². The lowest BCUT2D eigenvalue weighted by Crippen LogP contribution is -2.00. The Morgan fingerprint density at radius 2 is 1.71 bits per heavy atom. The normalized spacial score (nSPS) is 9.24. The molecule has 0 fully saturated rings. The van der Waals surface area contributed by atoms with E-state index in [4.69, 9.17) is 10.5 Å². The summed E-state index contributed by atoms with van der Waals surface area (Å²) in [5.41, 5.74) is 2.01. The lowest BCUT2D eigenvalue weighted by Gasteiger charge is -2.10. The van der Waals surface area contributed by atoms with Crippen molar-refractivity contribution in [3.63, 3.8) is 0 Å². The maximum absolute atomic E-state index is 9.08. The number of aromatic nitrogens is 1. The zero-order valence-electron chi connectivity index (χ0n) is 11.2. The smallest absolute Gasteiger partial charge is 0.159 e. The highest BCUT2D eigenvalue weighted by molar-refractivity contribution is 8.02. The van der Waals surface area contributed by atoms with Gasteiger partial charge in [0.15, 0.2) is 5.57 Å². The van der Waals surface area contributed by atoms with Crippen LogP contribution in [0.25, 0.3) is 0 Å². The minimum absolute atomic E-state index is 0.0814. The van der Waals surface area contributed by atoms with Crippen molar-refractivity contribution in [2.75, 3.05) is 5.32 Å². The molecule has 0 bridgehead atoms. The Hall–Kier alpha value is -2.76. The van der Waals surface area contributed by atoms with Gasteiger partial charge in [-0.3, -0.25) is 4.98 Å². The largest absolute Gasteiger partial charge is 0.349 e. The van der Waals surface area contributed by atoms with Crippen LogP contribution in [-0.2, 0) is 5.75 Å². The fraction of sp³-hybridized carbons (Fsp3) is 0.0625. The van der Waals surface area contributed by atoms with Crippen molar-refractivity contribution in [2.45, 2.75) is 5.75 Å². The summed E-state index contributed by atoms with van der Waals surface area (Å²) in [5, 5.41) is 21.8. The van der Waals surface area contributed by atoms with E-state index in [0.29, 0.717) is 10.8 Å². The van der Waals surface area contributed by atoms with Crippen LogP contribution in [0.3, 0.4) is 0 Å². The second kappa shape index (κ2) is 7.74. The van der Waals surface area contributed by atoms with Crippen LogP contribution in [0.2, 0.25) is 0 Å². The molecule has 0 spiro atoms. The van der Waals surface area contributed by atoms with Crippen molar-refractivity contribution >= 4 is 17.4 Å². The molecule has 2 rings (SSSR count). The molecule has 4 nitrogen and oxygen atoms in total. The van der Waals surface area contributed by atoms with E-state index < -0.39 is 0 Å². The predicted octanol–water partition coefficient (Wildman–Crippen LogP) is 3.69. The quantitative estimate of drug-likeness (QED) is 0.851. The number of anilines is 1. The standard InChI is InChI=1S/C16H12N4S/c17-10-14(11-18)16(20-15-4-2-1-3-5-15)21-12-13-6-8-19-9-7-13/h1-9,20H,12H2. The summed E-state index contributed by atoms with van der Waals surface area (Å²) < 4.78 is 0. The molecule has 0 saturated carbocycles. The highest BCUT2D eigenvalue weighted by Crippen LogP contribution is 2.25. The van der Waals surface area contributed by atoms with Crippen molar-refractivity contribution in [2.24, 2.45) is 0 Å². The van der Waals surface area contributed by atoms with Gasteiger partial charge in [-0.05, 0) is 29.8 Å². The third-order valence-corrected chi connectivity index (χ3v) is 3.69. The summed E-state index contributed by atoms with van der Waals surface area (Å²) >= 11 is 1.42. The molecule has 0 amide bonds. The van der Waals surface area contributed by atoms with Crippen molar-refractivity contribution < 1.29 is 0 Å². The van der Waals surface area contributed by atoms with E-state index in [1.54, 1.807) is 12.4 Å². The Morgan fingerprint density at radius 1 is 1.05 bits per heavy atom. The molecule has 2 aromatic rings. The maximum atomic E-state index is 9.08. The lowest BCUT2D eigenvalue weighted by molar-refractivity contribution is 1.27. The number of hydrogen-bond donors (Lipinski definition) is 1. The van der Waals surface area contributed by atoms with Crippen LogP contribution in [-0.4, -0.2) is 4.98 Å². The van der Waals surface area contributed by atoms with Crippen molar-refractivity contribution in [3.05, 3.63) is 71.0 Å². The first kappa shape index (κ1) is 14.6. The molecule has 0 unspecified atom stereocenters. The van der Waals surface area contributed by atoms with E-state index in [-0.39, 0.29) is 5.57 Å². The highest BCUT2D eigenvalue weighted by Gasteiger charge is 2.08. The molecule has 1 heterocycles. The van der Waals surface area contributed by atoms with Gasteiger partial charge in [-0.15, -0.1) is 11.8 Å². The van der Waals surface area contributed by atoms with E-state index in [2.05, 4.69) is 10.3 Å². The molecule has 21 heavy (non-hydrogen) atoms. The Balaban J connectivity index is 2.16. The van der Waals surface area contributed by atoms with Gasteiger partial charge < -0.3 is 5.32 Å². The van der Waals surface area contributed by atoms with Crippen molar-refractivity contribution in [1.29, 1.82) is 10.5 Å². The number of rotatable bonds is 5. The molecule has 1 aromatic carbocycles. The molecule has 0 radical (unpaired) electrons. The molecule has 0 aliphatic carbocycles. The summed E-state index contributed by atoms with van der Waals surface area (Å²) in [6.07, 6.45) is 3.44. The zero-order chi connectivity index (χ0) is 14.9. The van der Waals surface area contributed by atoms with Gasteiger partial charge in [-0.25, -0.2) is 0 Å². The van der Waals surface area contributed by atoms with E-state index in [1.165, 1.54) is 11.8 Å². The number of allylic oxidation sites excluding steroid dienone is 1. The van der Waals surface area contributed by atoms with E-state index >= 15 is 0 Å². The molecule has 5 heteroatoms. The number of nitriles is 2. The number of thioether (sulfide) groups is 1. The van der Waals surface area contributed by atoms with Crippen LogP contribution in [0.15, 0.2) is 65.5 Å². The minimum Gasteiger partial charge on any atom is -0.349 e. The second-order valence-corrected chi connectivity index (χ2v) is 5.05.